The molecule has 4 aromatic rings. The number of nitrogens with zero attached hydrogens (tertiary/aromatic N) is 6. The molecule has 1 N–H and O–H groups in total. The summed E-state index contributed by atoms with van der Waals surface area (Å²) >= 11 is 0. The molecular weight excluding hydrogens is 562 g/mol. The highest BCUT2D eigenvalue weighted by Gasteiger charge is 2.23. The minimum Gasteiger partial charge on any atom is -0.493 e. The zero-order valence-electron chi connectivity index (χ0n) is 24.4. The molecule has 0 unspecified atom stereocenters. The molecule has 3 heterocycles. The van der Waals surface area contributed by atoms with Crippen molar-refractivity contribution in [3.05, 3.63) is 79.0 Å². The standard InChI is InChI=1S/C32H31N7O5/c1-42-13-14-44-30-18-27-25(17-29(30)43-2)32(36-20-35-27)37-26-5-3-21(15-23(26)24-16-22(40)4-6-28(24)41)38-9-11-39(12-10-38)31-19-33-7-8-34-31/h3-8,15-20H,9-14H2,1-2H3,(H,35,36,37). The first-order valence-corrected chi connectivity index (χ1v) is 14.1. The maximum Gasteiger partial charge on any atom is 0.186 e. The summed E-state index contributed by atoms with van der Waals surface area (Å²) in [5, 5.41) is 4.09. The summed E-state index contributed by atoms with van der Waals surface area (Å²) in [6.07, 6.45) is 10.5. The third-order valence-electron chi connectivity index (χ3n) is 7.48. The summed E-state index contributed by atoms with van der Waals surface area (Å²) in [6, 6.07) is 9.45. The molecule has 2 aliphatic rings. The predicted molar refractivity (Wildman–Crippen MR) is 167 cm³/mol. The number of piperazine rings is 1. The molecular formula is C32H31N7O5. The molecule has 224 valence electrons. The molecule has 0 spiro atoms. The van der Waals surface area contributed by atoms with E-state index in [1.165, 1.54) is 24.6 Å². The van der Waals surface area contributed by atoms with Crippen molar-refractivity contribution >= 4 is 51.1 Å². The molecule has 1 aliphatic carbocycles. The number of fused-ring (bicyclic) bond motifs is 1. The number of nitrogens with one attached hydrogen (secondary N) is 1. The van der Waals surface area contributed by atoms with Crippen LogP contribution < -0.4 is 24.6 Å². The monoisotopic (exact) mass is 593 g/mol. The van der Waals surface area contributed by atoms with Crippen molar-refractivity contribution in [1.82, 2.24) is 19.9 Å². The van der Waals surface area contributed by atoms with E-state index in [0.29, 0.717) is 58.3 Å². The van der Waals surface area contributed by atoms with Gasteiger partial charge in [0, 0.05) is 79.6 Å². The Kier molecular flexibility index (Phi) is 8.41. The number of carbonyl (C=O) groups excluding carboxylic acids is 2. The molecule has 12 heteroatoms. The van der Waals surface area contributed by atoms with Crippen LogP contribution in [0.5, 0.6) is 11.5 Å². The third kappa shape index (κ3) is 6.06. The number of rotatable bonds is 10. The lowest BCUT2D eigenvalue weighted by molar-refractivity contribution is -0.113. The van der Waals surface area contributed by atoms with Crippen LogP contribution in [-0.2, 0) is 14.3 Å². The van der Waals surface area contributed by atoms with E-state index in [2.05, 4.69) is 35.1 Å². The molecule has 12 nitrogen and oxygen atoms in total. The van der Waals surface area contributed by atoms with Crippen LogP contribution in [0.25, 0.3) is 16.5 Å². The lowest BCUT2D eigenvalue weighted by Gasteiger charge is -2.37. The number of anilines is 4. The van der Waals surface area contributed by atoms with Gasteiger partial charge in [0.1, 0.15) is 24.6 Å². The minimum atomic E-state index is -0.246. The highest BCUT2D eigenvalue weighted by atomic mass is 16.5. The van der Waals surface area contributed by atoms with E-state index < -0.39 is 0 Å². The SMILES string of the molecule is COCCOc1cc2ncnc(Nc3ccc(N4CCN(c5cnccn5)CC4)cc3C3=CC(=O)C=CC3=O)c2cc1OC. The predicted octanol–water partition coefficient (Wildman–Crippen LogP) is 3.62. The van der Waals surface area contributed by atoms with Gasteiger partial charge in [0.15, 0.2) is 23.1 Å². The molecule has 0 saturated carbocycles. The number of benzene rings is 2. The highest BCUT2D eigenvalue weighted by Crippen LogP contribution is 2.37. The zero-order chi connectivity index (χ0) is 30.5. The molecule has 0 radical (unpaired) electrons. The average molecular weight is 594 g/mol. The van der Waals surface area contributed by atoms with Crippen molar-refractivity contribution in [3.63, 3.8) is 0 Å². The maximum atomic E-state index is 13.0. The van der Waals surface area contributed by atoms with Crippen LogP contribution >= 0.6 is 0 Å². The topological polar surface area (TPSA) is 132 Å². The lowest BCUT2D eigenvalue weighted by atomic mass is 9.94. The third-order valence-corrected chi connectivity index (χ3v) is 7.48. The van der Waals surface area contributed by atoms with E-state index in [0.717, 1.165) is 37.7 Å². The molecule has 6 rings (SSSR count). The van der Waals surface area contributed by atoms with Crippen LogP contribution in [0.15, 0.2) is 73.5 Å². The highest BCUT2D eigenvalue weighted by molar-refractivity contribution is 6.34. The Bertz CT molecular complexity index is 1750. The molecule has 0 bridgehead atoms. The van der Waals surface area contributed by atoms with Gasteiger partial charge in [-0.3, -0.25) is 14.6 Å². The first-order chi connectivity index (χ1) is 21.5. The van der Waals surface area contributed by atoms with Crippen molar-refractivity contribution in [2.45, 2.75) is 0 Å². The van der Waals surface area contributed by atoms with Gasteiger partial charge < -0.3 is 29.3 Å². The molecule has 0 amide bonds. The van der Waals surface area contributed by atoms with Gasteiger partial charge in [0.2, 0.25) is 0 Å². The fourth-order valence-electron chi connectivity index (χ4n) is 5.23. The summed E-state index contributed by atoms with van der Waals surface area (Å²) in [4.78, 5) is 47.4. The lowest BCUT2D eigenvalue weighted by Crippen LogP contribution is -2.46. The fraction of sp³-hybridized carbons (Fsp3) is 0.250. The Hall–Kier alpha value is -5.36. The van der Waals surface area contributed by atoms with Crippen LogP contribution in [0.1, 0.15) is 5.56 Å². The summed E-state index contributed by atoms with van der Waals surface area (Å²) in [5.41, 5.74) is 3.10. The molecule has 2 aromatic heterocycles. The number of carbonyl (C=O) groups is 2. The number of allylic oxidation sites excluding steroid dienone is 4. The molecule has 1 aliphatic heterocycles. The minimum absolute atomic E-state index is 0.244. The molecule has 0 atom stereocenters. The normalized spacial score (nSPS) is 15.0. The smallest absolute Gasteiger partial charge is 0.186 e. The van der Waals surface area contributed by atoms with E-state index >= 15 is 0 Å². The number of hydrogen-bond donors (Lipinski definition) is 1. The average Bonchev–Trinajstić information content (AvgIpc) is 3.06. The molecule has 44 heavy (non-hydrogen) atoms. The summed E-state index contributed by atoms with van der Waals surface area (Å²) < 4.78 is 16.5. The van der Waals surface area contributed by atoms with Crippen LogP contribution in [0, 0.1) is 0 Å². The Morgan fingerprint density at radius 3 is 2.50 bits per heavy atom. The Labute approximate surface area is 254 Å². The van der Waals surface area contributed by atoms with Crippen molar-refractivity contribution in [2.24, 2.45) is 0 Å². The van der Waals surface area contributed by atoms with Crippen LogP contribution in [-0.4, -0.2) is 85.1 Å². The number of methoxy groups -OCH3 is 2. The number of ketones is 2. The largest absolute Gasteiger partial charge is 0.493 e. The number of hydrogen-bond acceptors (Lipinski definition) is 12. The van der Waals surface area contributed by atoms with Crippen LogP contribution in [0.4, 0.5) is 23.0 Å². The number of ether oxygens (including phenoxy) is 3. The number of aromatic nitrogens is 4. The molecule has 2 aromatic carbocycles. The quantitative estimate of drug-likeness (QED) is 0.213. The second-order valence-electron chi connectivity index (χ2n) is 10.1. The van der Waals surface area contributed by atoms with Gasteiger partial charge >= 0.3 is 0 Å². The van der Waals surface area contributed by atoms with Crippen molar-refractivity contribution < 1.29 is 23.8 Å². The molecule has 1 fully saturated rings. The summed E-state index contributed by atoms with van der Waals surface area (Å²) in [6.45, 7) is 3.82. The summed E-state index contributed by atoms with van der Waals surface area (Å²) in [5.74, 6) is 1.92. The van der Waals surface area contributed by atoms with Gasteiger partial charge in [-0.15, -0.1) is 0 Å². The Morgan fingerprint density at radius 1 is 0.886 bits per heavy atom. The van der Waals surface area contributed by atoms with Crippen molar-refractivity contribution in [3.8, 4) is 11.5 Å². The van der Waals surface area contributed by atoms with Gasteiger partial charge in [-0.05, 0) is 42.5 Å². The van der Waals surface area contributed by atoms with E-state index in [1.807, 2.05) is 24.3 Å². The van der Waals surface area contributed by atoms with Crippen LogP contribution in [0.3, 0.4) is 0 Å². The maximum absolute atomic E-state index is 13.0. The van der Waals surface area contributed by atoms with Crippen molar-refractivity contribution in [2.75, 3.05) is 68.7 Å². The van der Waals surface area contributed by atoms with E-state index in [9.17, 15) is 9.59 Å². The van der Waals surface area contributed by atoms with Gasteiger partial charge in [-0.25, -0.2) is 15.0 Å². The second kappa shape index (κ2) is 12.9. The van der Waals surface area contributed by atoms with Gasteiger partial charge in [0.05, 0.1) is 25.4 Å². The van der Waals surface area contributed by atoms with Gasteiger partial charge in [-0.1, -0.05) is 0 Å². The van der Waals surface area contributed by atoms with Gasteiger partial charge in [0.25, 0.3) is 0 Å². The van der Waals surface area contributed by atoms with E-state index in [-0.39, 0.29) is 11.6 Å². The fourth-order valence-corrected chi connectivity index (χ4v) is 5.23. The Morgan fingerprint density at radius 2 is 1.73 bits per heavy atom. The second-order valence-corrected chi connectivity index (χ2v) is 10.1. The van der Waals surface area contributed by atoms with E-state index in [1.54, 1.807) is 38.9 Å². The first-order valence-electron chi connectivity index (χ1n) is 14.1. The first kappa shape index (κ1) is 28.7. The van der Waals surface area contributed by atoms with Crippen LogP contribution in [0.2, 0.25) is 0 Å². The van der Waals surface area contributed by atoms with Gasteiger partial charge in [-0.2, -0.15) is 0 Å². The van der Waals surface area contributed by atoms with Crippen molar-refractivity contribution in [1.29, 1.82) is 0 Å². The van der Waals surface area contributed by atoms with E-state index in [4.69, 9.17) is 14.2 Å². The molecule has 1 saturated heterocycles. The summed E-state index contributed by atoms with van der Waals surface area (Å²) in [7, 11) is 3.18. The zero-order valence-corrected chi connectivity index (χ0v) is 24.4. The Balaban J connectivity index is 1.33.